The van der Waals surface area contributed by atoms with Gasteiger partial charge in [-0.15, -0.1) is 0 Å². The first-order valence-electron chi connectivity index (χ1n) is 6.21. The predicted octanol–water partition coefficient (Wildman–Crippen LogP) is 0.361. The van der Waals surface area contributed by atoms with Crippen LogP contribution in [0.15, 0.2) is 0 Å². The van der Waals surface area contributed by atoms with Crippen LogP contribution in [0.25, 0.3) is 0 Å². The largest absolute Gasteiger partial charge is 0.481 e. The highest BCUT2D eigenvalue weighted by Crippen LogP contribution is 2.19. The highest BCUT2D eigenvalue weighted by Gasteiger charge is 2.38. The first-order valence-corrected chi connectivity index (χ1v) is 6.21. The van der Waals surface area contributed by atoms with Crippen molar-refractivity contribution in [1.29, 1.82) is 0 Å². The lowest BCUT2D eigenvalue weighted by atomic mass is 10.0. The lowest BCUT2D eigenvalue weighted by Gasteiger charge is -2.26. The van der Waals surface area contributed by atoms with E-state index in [0.29, 0.717) is 32.7 Å². The Kier molecular flexibility index (Phi) is 6.07. The molecule has 1 amide bonds. The maximum absolute atomic E-state index is 11.9. The molecule has 2 unspecified atom stereocenters. The first-order chi connectivity index (χ1) is 8.57. The summed E-state index contributed by atoms with van der Waals surface area (Å²) in [6.45, 7) is 3.57. The summed E-state index contributed by atoms with van der Waals surface area (Å²) < 4.78 is 10.3. The van der Waals surface area contributed by atoms with Crippen LogP contribution >= 0.6 is 0 Å². The van der Waals surface area contributed by atoms with Gasteiger partial charge in [0.15, 0.2) is 0 Å². The minimum Gasteiger partial charge on any atom is -0.481 e. The molecule has 6 nitrogen and oxygen atoms in total. The van der Waals surface area contributed by atoms with E-state index in [2.05, 4.69) is 0 Å². The number of carbonyl (C=O) groups is 2. The molecule has 6 heteroatoms. The monoisotopic (exact) mass is 259 g/mol. The number of nitrogens with zero attached hydrogens (tertiary/aromatic N) is 1. The van der Waals surface area contributed by atoms with E-state index in [0.717, 1.165) is 0 Å². The molecule has 0 aromatic carbocycles. The Hall–Kier alpha value is -1.14. The van der Waals surface area contributed by atoms with E-state index >= 15 is 0 Å². The van der Waals surface area contributed by atoms with Crippen LogP contribution < -0.4 is 0 Å². The highest BCUT2D eigenvalue weighted by atomic mass is 16.5. The van der Waals surface area contributed by atoms with Gasteiger partial charge in [-0.1, -0.05) is 0 Å². The second kappa shape index (κ2) is 7.33. The average molecular weight is 259 g/mol. The van der Waals surface area contributed by atoms with Gasteiger partial charge in [0.2, 0.25) is 5.91 Å². The Bertz CT molecular complexity index is 294. The molecule has 0 saturated carbocycles. The summed E-state index contributed by atoms with van der Waals surface area (Å²) in [5.74, 6) is -1.59. The van der Waals surface area contributed by atoms with E-state index < -0.39 is 11.9 Å². The van der Waals surface area contributed by atoms with Crippen LogP contribution in [0.4, 0.5) is 0 Å². The molecule has 0 aromatic rings. The third-order valence-electron chi connectivity index (χ3n) is 3.14. The van der Waals surface area contributed by atoms with E-state index in [9.17, 15) is 9.59 Å². The summed E-state index contributed by atoms with van der Waals surface area (Å²) in [7, 11) is 1.64. The lowest BCUT2D eigenvalue weighted by Crippen LogP contribution is -2.44. The van der Waals surface area contributed by atoms with Gasteiger partial charge in [0.05, 0.1) is 19.3 Å². The minimum atomic E-state index is -0.911. The molecule has 1 aliphatic heterocycles. The molecule has 1 aliphatic rings. The van der Waals surface area contributed by atoms with Crippen molar-refractivity contribution < 1.29 is 24.2 Å². The van der Waals surface area contributed by atoms with Crippen LogP contribution in [0.5, 0.6) is 0 Å². The van der Waals surface area contributed by atoms with Gasteiger partial charge in [0, 0.05) is 26.7 Å². The zero-order valence-corrected chi connectivity index (χ0v) is 10.9. The Morgan fingerprint density at radius 1 is 1.44 bits per heavy atom. The van der Waals surface area contributed by atoms with Gasteiger partial charge in [-0.2, -0.15) is 0 Å². The maximum atomic E-state index is 11.9. The van der Waals surface area contributed by atoms with Crippen LogP contribution in [0.2, 0.25) is 0 Å². The summed E-state index contributed by atoms with van der Waals surface area (Å²) in [5.41, 5.74) is 0. The van der Waals surface area contributed by atoms with Crippen LogP contribution in [0, 0.1) is 5.92 Å². The van der Waals surface area contributed by atoms with Gasteiger partial charge in [-0.05, 0) is 13.3 Å². The van der Waals surface area contributed by atoms with Crippen molar-refractivity contribution in [3.8, 4) is 0 Å². The highest BCUT2D eigenvalue weighted by molar-refractivity contribution is 5.78. The zero-order chi connectivity index (χ0) is 13.5. The fraction of sp³-hybridized carbons (Fsp3) is 0.833. The van der Waals surface area contributed by atoms with E-state index in [1.807, 2.05) is 6.92 Å². The molecule has 1 saturated heterocycles. The fourth-order valence-electron chi connectivity index (χ4n) is 1.99. The van der Waals surface area contributed by atoms with E-state index in [1.165, 1.54) is 4.90 Å². The maximum Gasteiger partial charge on any atom is 0.311 e. The molecule has 1 fully saturated rings. The molecule has 0 aromatic heterocycles. The summed E-state index contributed by atoms with van der Waals surface area (Å²) >= 11 is 0. The third-order valence-corrected chi connectivity index (χ3v) is 3.14. The number of carboxylic acids is 1. The van der Waals surface area contributed by atoms with E-state index in [4.69, 9.17) is 14.6 Å². The summed E-state index contributed by atoms with van der Waals surface area (Å²) in [5, 5.41) is 9.02. The Morgan fingerprint density at radius 2 is 2.17 bits per heavy atom. The molecular weight excluding hydrogens is 238 g/mol. The smallest absolute Gasteiger partial charge is 0.311 e. The van der Waals surface area contributed by atoms with Crippen molar-refractivity contribution in [2.75, 3.05) is 33.5 Å². The Morgan fingerprint density at radius 3 is 2.78 bits per heavy atom. The second-order valence-corrected chi connectivity index (χ2v) is 4.35. The van der Waals surface area contributed by atoms with Crippen molar-refractivity contribution in [3.63, 3.8) is 0 Å². The number of ether oxygens (including phenoxy) is 2. The fourth-order valence-corrected chi connectivity index (χ4v) is 1.99. The van der Waals surface area contributed by atoms with Gasteiger partial charge in [-0.3, -0.25) is 9.59 Å². The molecular formula is C12H21NO5. The number of likely N-dealkylation sites (N-methyl/N-ethyl adjacent to an activating group) is 1. The summed E-state index contributed by atoms with van der Waals surface area (Å²) in [4.78, 5) is 24.4. The van der Waals surface area contributed by atoms with Gasteiger partial charge in [-0.25, -0.2) is 0 Å². The zero-order valence-electron chi connectivity index (χ0n) is 10.9. The number of amides is 1. The SMILES string of the molecule is CCOCCCC(=O)N(C)C1COCC1C(=O)O. The molecule has 0 radical (unpaired) electrons. The van der Waals surface area contributed by atoms with Crippen molar-refractivity contribution in [1.82, 2.24) is 4.90 Å². The molecule has 2 atom stereocenters. The number of rotatable bonds is 7. The molecule has 0 spiro atoms. The second-order valence-electron chi connectivity index (χ2n) is 4.35. The third kappa shape index (κ3) is 3.96. The van der Waals surface area contributed by atoms with Crippen molar-refractivity contribution in [3.05, 3.63) is 0 Å². The van der Waals surface area contributed by atoms with Crippen molar-refractivity contribution in [2.45, 2.75) is 25.8 Å². The number of carbonyl (C=O) groups excluding carboxylic acids is 1. The van der Waals surface area contributed by atoms with Crippen molar-refractivity contribution >= 4 is 11.9 Å². The average Bonchev–Trinajstić information content (AvgIpc) is 2.82. The van der Waals surface area contributed by atoms with E-state index in [-0.39, 0.29) is 18.6 Å². The van der Waals surface area contributed by atoms with Crippen LogP contribution in [-0.4, -0.2) is 61.4 Å². The predicted molar refractivity (Wildman–Crippen MR) is 64.2 cm³/mol. The normalized spacial score (nSPS) is 23.0. The van der Waals surface area contributed by atoms with Gasteiger partial charge in [0.25, 0.3) is 0 Å². The topological polar surface area (TPSA) is 76.1 Å². The van der Waals surface area contributed by atoms with E-state index in [1.54, 1.807) is 7.05 Å². The number of hydrogen-bond acceptors (Lipinski definition) is 4. The van der Waals surface area contributed by atoms with Gasteiger partial charge >= 0.3 is 5.97 Å². The van der Waals surface area contributed by atoms with Crippen LogP contribution in [-0.2, 0) is 19.1 Å². The molecule has 1 rings (SSSR count). The summed E-state index contributed by atoms with van der Waals surface area (Å²) in [6.07, 6.45) is 1.03. The quantitative estimate of drug-likeness (QED) is 0.668. The standard InChI is InChI=1S/C12H21NO5/c1-3-17-6-4-5-11(14)13(2)10-8-18-7-9(10)12(15)16/h9-10H,3-8H2,1-2H3,(H,15,16). The molecule has 0 bridgehead atoms. The first kappa shape index (κ1) is 14.9. The Labute approximate surface area is 107 Å². The number of hydrogen-bond donors (Lipinski definition) is 1. The summed E-state index contributed by atoms with van der Waals surface area (Å²) in [6, 6.07) is -0.359. The molecule has 1 N–H and O–H groups in total. The lowest BCUT2D eigenvalue weighted by molar-refractivity contribution is -0.144. The number of carboxylic acid groups (broad SMARTS) is 1. The van der Waals surface area contributed by atoms with Gasteiger partial charge < -0.3 is 19.5 Å². The molecule has 104 valence electrons. The minimum absolute atomic E-state index is 0.0588. The van der Waals surface area contributed by atoms with Gasteiger partial charge in [0.1, 0.15) is 5.92 Å². The Balaban J connectivity index is 2.40. The number of aliphatic carboxylic acids is 1. The van der Waals surface area contributed by atoms with Crippen LogP contribution in [0.3, 0.4) is 0 Å². The molecule has 1 heterocycles. The van der Waals surface area contributed by atoms with Crippen molar-refractivity contribution in [2.24, 2.45) is 5.92 Å². The molecule has 0 aliphatic carbocycles. The molecule has 18 heavy (non-hydrogen) atoms. The van der Waals surface area contributed by atoms with Crippen LogP contribution in [0.1, 0.15) is 19.8 Å².